The lowest BCUT2D eigenvalue weighted by atomic mass is 10.2. The molecule has 0 bridgehead atoms. The van der Waals surface area contributed by atoms with Gasteiger partial charge >= 0.3 is 6.09 Å². The second-order valence-corrected chi connectivity index (χ2v) is 4.28. The molecule has 0 fully saturated rings. The van der Waals surface area contributed by atoms with Gasteiger partial charge in [-0.15, -0.1) is 11.6 Å². The monoisotopic (exact) mass is 221 g/mol. The van der Waals surface area contributed by atoms with Gasteiger partial charge in [-0.25, -0.2) is 4.79 Å². The molecule has 0 saturated carbocycles. The van der Waals surface area contributed by atoms with Crippen LogP contribution in [0.25, 0.3) is 0 Å². The Hall–Kier alpha value is -0.770. The number of ether oxygens (including phenoxy) is 1. The second kappa shape index (κ2) is 5.20. The van der Waals surface area contributed by atoms with Crippen LogP contribution in [0.3, 0.4) is 0 Å². The molecule has 0 unspecified atom stereocenters. The lowest BCUT2D eigenvalue weighted by Gasteiger charge is -2.24. The van der Waals surface area contributed by atoms with Crippen molar-refractivity contribution in [3.63, 3.8) is 0 Å². The fourth-order valence-electron chi connectivity index (χ4n) is 0.711. The molecule has 0 rings (SSSR count). The summed E-state index contributed by atoms with van der Waals surface area (Å²) in [5.74, 6) is -0.298. The Balaban J connectivity index is 4.07. The molecule has 0 aromatic rings. The summed E-state index contributed by atoms with van der Waals surface area (Å²) in [6.07, 6.45) is -0.518. The molecule has 0 radical (unpaired) electrons. The molecule has 82 valence electrons. The summed E-state index contributed by atoms with van der Waals surface area (Å²) in [7, 11) is 1.50. The molecule has 0 aromatic heterocycles. The van der Waals surface area contributed by atoms with Crippen LogP contribution >= 0.6 is 11.6 Å². The van der Waals surface area contributed by atoms with Crippen LogP contribution in [-0.4, -0.2) is 41.8 Å². The van der Waals surface area contributed by atoms with Crippen LogP contribution in [0.15, 0.2) is 0 Å². The van der Waals surface area contributed by atoms with E-state index in [9.17, 15) is 9.59 Å². The van der Waals surface area contributed by atoms with Gasteiger partial charge in [0.25, 0.3) is 0 Å². The quantitative estimate of drug-likeness (QED) is 0.681. The molecule has 0 saturated heterocycles. The Morgan fingerprint density at radius 3 is 2.21 bits per heavy atom. The van der Waals surface area contributed by atoms with Gasteiger partial charge in [-0.1, -0.05) is 0 Å². The van der Waals surface area contributed by atoms with Crippen molar-refractivity contribution in [2.24, 2.45) is 0 Å². The van der Waals surface area contributed by atoms with Gasteiger partial charge in [0.2, 0.25) is 0 Å². The van der Waals surface area contributed by atoms with Crippen molar-refractivity contribution in [2.45, 2.75) is 26.4 Å². The second-order valence-electron chi connectivity index (χ2n) is 4.01. The van der Waals surface area contributed by atoms with E-state index < -0.39 is 11.7 Å². The first-order chi connectivity index (χ1) is 6.26. The number of rotatable bonds is 3. The lowest BCUT2D eigenvalue weighted by molar-refractivity contribution is -0.117. The standard InChI is InChI=1S/C9H16ClNO3/c1-9(2,3)14-8(13)11(4)6-7(12)5-10/h5-6H2,1-4H3. The molecular weight excluding hydrogens is 206 g/mol. The molecule has 14 heavy (non-hydrogen) atoms. The third-order valence-corrected chi connectivity index (χ3v) is 1.57. The highest BCUT2D eigenvalue weighted by Crippen LogP contribution is 2.08. The number of halogens is 1. The minimum Gasteiger partial charge on any atom is -0.444 e. The number of Topliss-reactive ketones (excluding diaryl/α,β-unsaturated/α-hetero) is 1. The fourth-order valence-corrected chi connectivity index (χ4v) is 0.796. The summed E-state index contributed by atoms with van der Waals surface area (Å²) in [5, 5.41) is 0. The van der Waals surface area contributed by atoms with Gasteiger partial charge in [0.05, 0.1) is 12.4 Å². The summed E-state index contributed by atoms with van der Waals surface area (Å²) in [6, 6.07) is 0. The molecule has 1 amide bonds. The number of carbonyl (C=O) groups excluding carboxylic acids is 2. The summed E-state index contributed by atoms with van der Waals surface area (Å²) >= 11 is 5.31. The van der Waals surface area contributed by atoms with E-state index in [2.05, 4.69) is 0 Å². The van der Waals surface area contributed by atoms with Crippen molar-refractivity contribution in [1.82, 2.24) is 4.90 Å². The number of amides is 1. The Morgan fingerprint density at radius 1 is 1.36 bits per heavy atom. The van der Waals surface area contributed by atoms with Crippen LogP contribution in [0.2, 0.25) is 0 Å². The Morgan fingerprint density at radius 2 is 1.86 bits per heavy atom. The molecule has 0 aliphatic rings. The molecule has 4 nitrogen and oxygen atoms in total. The van der Waals surface area contributed by atoms with E-state index in [4.69, 9.17) is 16.3 Å². The Labute approximate surface area is 89.2 Å². The zero-order chi connectivity index (χ0) is 11.4. The van der Waals surface area contributed by atoms with Crippen molar-refractivity contribution in [3.05, 3.63) is 0 Å². The van der Waals surface area contributed by atoms with Crippen LogP contribution in [0.4, 0.5) is 4.79 Å². The highest BCUT2D eigenvalue weighted by atomic mass is 35.5. The maximum atomic E-state index is 11.3. The van der Waals surface area contributed by atoms with E-state index in [-0.39, 0.29) is 18.2 Å². The zero-order valence-electron chi connectivity index (χ0n) is 8.96. The molecule has 5 heteroatoms. The molecule has 0 aromatic carbocycles. The molecule has 0 spiro atoms. The predicted molar refractivity (Wildman–Crippen MR) is 54.6 cm³/mol. The summed E-state index contributed by atoms with van der Waals surface area (Å²) < 4.78 is 5.04. The topological polar surface area (TPSA) is 46.6 Å². The average Bonchev–Trinajstić information content (AvgIpc) is 2.00. The highest BCUT2D eigenvalue weighted by molar-refractivity contribution is 6.28. The van der Waals surface area contributed by atoms with Gasteiger partial charge < -0.3 is 9.64 Å². The Kier molecular flexibility index (Phi) is 4.91. The lowest BCUT2D eigenvalue weighted by Crippen LogP contribution is -2.37. The van der Waals surface area contributed by atoms with E-state index in [0.29, 0.717) is 0 Å². The number of likely N-dealkylation sites (N-methyl/N-ethyl adjacent to an activating group) is 1. The van der Waals surface area contributed by atoms with E-state index >= 15 is 0 Å². The first-order valence-electron chi connectivity index (χ1n) is 4.28. The largest absolute Gasteiger partial charge is 0.444 e. The van der Waals surface area contributed by atoms with E-state index in [0.717, 1.165) is 0 Å². The predicted octanol–water partition coefficient (Wildman–Crippen LogP) is 1.66. The first-order valence-corrected chi connectivity index (χ1v) is 4.81. The van der Waals surface area contributed by atoms with Crippen LogP contribution in [-0.2, 0) is 9.53 Å². The SMILES string of the molecule is CN(CC(=O)CCl)C(=O)OC(C)(C)C. The molecule has 0 N–H and O–H groups in total. The third kappa shape index (κ3) is 5.80. The zero-order valence-corrected chi connectivity index (χ0v) is 9.72. The van der Waals surface area contributed by atoms with Gasteiger partial charge in [-0.2, -0.15) is 0 Å². The van der Waals surface area contributed by atoms with Gasteiger partial charge in [0.15, 0.2) is 5.78 Å². The van der Waals surface area contributed by atoms with Gasteiger partial charge in [0.1, 0.15) is 5.60 Å². The van der Waals surface area contributed by atoms with Gasteiger partial charge in [0, 0.05) is 7.05 Å². The maximum absolute atomic E-state index is 11.3. The summed E-state index contributed by atoms with van der Waals surface area (Å²) in [5.41, 5.74) is -0.546. The van der Waals surface area contributed by atoms with Gasteiger partial charge in [-0.05, 0) is 20.8 Å². The summed E-state index contributed by atoms with van der Waals surface area (Å²) in [6.45, 7) is 5.28. The normalized spacial score (nSPS) is 10.9. The van der Waals surface area contributed by atoms with Crippen molar-refractivity contribution in [2.75, 3.05) is 19.5 Å². The third-order valence-electron chi connectivity index (χ3n) is 1.27. The Bertz CT molecular complexity index is 223. The number of hydrogen-bond donors (Lipinski definition) is 0. The smallest absolute Gasteiger partial charge is 0.410 e. The molecule has 0 aliphatic heterocycles. The number of nitrogens with zero attached hydrogens (tertiary/aromatic N) is 1. The maximum Gasteiger partial charge on any atom is 0.410 e. The van der Waals surface area contributed by atoms with Crippen molar-refractivity contribution >= 4 is 23.5 Å². The average molecular weight is 222 g/mol. The van der Waals surface area contributed by atoms with Crippen LogP contribution in [0.5, 0.6) is 0 Å². The highest BCUT2D eigenvalue weighted by Gasteiger charge is 2.20. The number of carbonyl (C=O) groups is 2. The van der Waals surface area contributed by atoms with Gasteiger partial charge in [-0.3, -0.25) is 4.79 Å². The summed E-state index contributed by atoms with van der Waals surface area (Å²) in [4.78, 5) is 23.4. The molecule has 0 heterocycles. The molecular formula is C9H16ClNO3. The first kappa shape index (κ1) is 13.2. The number of ketones is 1. The van der Waals surface area contributed by atoms with E-state index in [1.165, 1.54) is 11.9 Å². The van der Waals surface area contributed by atoms with E-state index in [1.54, 1.807) is 20.8 Å². The molecule has 0 aliphatic carbocycles. The van der Waals surface area contributed by atoms with Crippen molar-refractivity contribution in [1.29, 1.82) is 0 Å². The van der Waals surface area contributed by atoms with Crippen molar-refractivity contribution < 1.29 is 14.3 Å². The van der Waals surface area contributed by atoms with Crippen molar-refractivity contribution in [3.8, 4) is 0 Å². The number of hydrogen-bond acceptors (Lipinski definition) is 3. The van der Waals surface area contributed by atoms with E-state index in [1.807, 2.05) is 0 Å². The minimum absolute atomic E-state index is 0.0155. The van der Waals surface area contributed by atoms with Crippen LogP contribution < -0.4 is 0 Å². The van der Waals surface area contributed by atoms with Crippen LogP contribution in [0, 0.1) is 0 Å². The minimum atomic E-state index is -0.546. The number of alkyl halides is 1. The molecule has 0 atom stereocenters. The van der Waals surface area contributed by atoms with Crippen LogP contribution in [0.1, 0.15) is 20.8 Å². The fraction of sp³-hybridized carbons (Fsp3) is 0.778.